The standard InChI is InChI=1S/C11H22N2O5/c1-17-8-9-18-7-3-6-13-11(16)12-5-2-4-10(14)15/h2-9H2,1H3,(H,14,15)(H2,12,13,16). The van der Waals surface area contributed by atoms with Gasteiger partial charge < -0.3 is 25.2 Å². The van der Waals surface area contributed by atoms with Crippen LogP contribution >= 0.6 is 0 Å². The van der Waals surface area contributed by atoms with E-state index in [-0.39, 0.29) is 12.5 Å². The summed E-state index contributed by atoms with van der Waals surface area (Å²) in [7, 11) is 1.61. The number of methoxy groups -OCH3 is 1. The van der Waals surface area contributed by atoms with E-state index < -0.39 is 5.97 Å². The van der Waals surface area contributed by atoms with Crippen LogP contribution in [0.2, 0.25) is 0 Å². The van der Waals surface area contributed by atoms with E-state index in [1.807, 2.05) is 0 Å². The Labute approximate surface area is 107 Å². The number of carbonyl (C=O) groups excluding carboxylic acids is 1. The molecule has 0 saturated heterocycles. The molecular formula is C11H22N2O5. The van der Waals surface area contributed by atoms with Gasteiger partial charge >= 0.3 is 12.0 Å². The van der Waals surface area contributed by atoms with Crippen LogP contribution in [0.3, 0.4) is 0 Å². The molecule has 0 unspecified atom stereocenters. The topological polar surface area (TPSA) is 96.9 Å². The van der Waals surface area contributed by atoms with Crippen LogP contribution in [-0.4, -0.2) is 57.1 Å². The number of amides is 2. The summed E-state index contributed by atoms with van der Waals surface area (Å²) in [6, 6.07) is -0.280. The van der Waals surface area contributed by atoms with Gasteiger partial charge in [-0.05, 0) is 12.8 Å². The van der Waals surface area contributed by atoms with E-state index in [2.05, 4.69) is 10.6 Å². The van der Waals surface area contributed by atoms with Crippen molar-refractivity contribution in [1.82, 2.24) is 10.6 Å². The predicted molar refractivity (Wildman–Crippen MR) is 65.6 cm³/mol. The zero-order valence-corrected chi connectivity index (χ0v) is 10.7. The lowest BCUT2D eigenvalue weighted by atomic mass is 10.3. The van der Waals surface area contributed by atoms with Crippen molar-refractivity contribution in [2.75, 3.05) is 40.0 Å². The Bertz CT molecular complexity index is 235. The van der Waals surface area contributed by atoms with Gasteiger partial charge in [-0.1, -0.05) is 0 Å². The van der Waals surface area contributed by atoms with E-state index in [1.54, 1.807) is 7.11 Å². The average Bonchev–Trinajstić information content (AvgIpc) is 2.33. The first kappa shape index (κ1) is 16.7. The van der Waals surface area contributed by atoms with Crippen LogP contribution in [-0.2, 0) is 14.3 Å². The van der Waals surface area contributed by atoms with Crippen LogP contribution in [0.15, 0.2) is 0 Å². The molecule has 0 radical (unpaired) electrons. The molecule has 18 heavy (non-hydrogen) atoms. The molecule has 0 aromatic heterocycles. The third-order valence-corrected chi connectivity index (χ3v) is 2.04. The molecule has 0 aromatic carbocycles. The highest BCUT2D eigenvalue weighted by atomic mass is 16.5. The summed E-state index contributed by atoms with van der Waals surface area (Å²) in [5, 5.41) is 13.6. The van der Waals surface area contributed by atoms with E-state index >= 15 is 0 Å². The van der Waals surface area contributed by atoms with Gasteiger partial charge in [0, 0.05) is 33.2 Å². The molecule has 0 aromatic rings. The molecule has 0 spiro atoms. The third-order valence-electron chi connectivity index (χ3n) is 2.04. The molecule has 106 valence electrons. The maximum absolute atomic E-state index is 11.2. The number of aliphatic carboxylic acids is 1. The maximum atomic E-state index is 11.2. The summed E-state index contributed by atoms with van der Waals surface area (Å²) >= 11 is 0. The van der Waals surface area contributed by atoms with Crippen molar-refractivity contribution >= 4 is 12.0 Å². The lowest BCUT2D eigenvalue weighted by molar-refractivity contribution is -0.137. The Morgan fingerprint density at radius 3 is 2.33 bits per heavy atom. The SMILES string of the molecule is COCCOCCCNC(=O)NCCCC(=O)O. The number of urea groups is 1. The molecule has 0 heterocycles. The van der Waals surface area contributed by atoms with Gasteiger partial charge in [-0.3, -0.25) is 4.79 Å². The zero-order valence-electron chi connectivity index (χ0n) is 10.7. The van der Waals surface area contributed by atoms with Crippen molar-refractivity contribution in [3.8, 4) is 0 Å². The smallest absolute Gasteiger partial charge is 0.314 e. The molecule has 0 aliphatic heterocycles. The highest BCUT2D eigenvalue weighted by molar-refractivity contribution is 5.73. The average molecular weight is 262 g/mol. The Hall–Kier alpha value is -1.34. The van der Waals surface area contributed by atoms with Crippen LogP contribution in [0, 0.1) is 0 Å². The number of rotatable bonds is 11. The van der Waals surface area contributed by atoms with Crippen LogP contribution < -0.4 is 10.6 Å². The Morgan fingerprint density at radius 2 is 1.72 bits per heavy atom. The first-order chi connectivity index (χ1) is 8.66. The molecule has 7 heteroatoms. The molecule has 0 rings (SSSR count). The lowest BCUT2D eigenvalue weighted by Crippen LogP contribution is -2.36. The number of carboxylic acid groups (broad SMARTS) is 1. The fraction of sp³-hybridized carbons (Fsp3) is 0.818. The zero-order chi connectivity index (χ0) is 13.6. The minimum atomic E-state index is -0.856. The molecule has 2 amide bonds. The van der Waals surface area contributed by atoms with E-state index in [9.17, 15) is 9.59 Å². The van der Waals surface area contributed by atoms with Gasteiger partial charge in [-0.2, -0.15) is 0 Å². The van der Waals surface area contributed by atoms with Crippen molar-refractivity contribution in [1.29, 1.82) is 0 Å². The van der Waals surface area contributed by atoms with Gasteiger partial charge in [0.25, 0.3) is 0 Å². The fourth-order valence-electron chi connectivity index (χ4n) is 1.12. The van der Waals surface area contributed by atoms with Gasteiger partial charge in [0.2, 0.25) is 0 Å². The highest BCUT2D eigenvalue weighted by Gasteiger charge is 2.00. The molecule has 7 nitrogen and oxygen atoms in total. The van der Waals surface area contributed by atoms with Gasteiger partial charge in [0.15, 0.2) is 0 Å². The Balaban J connectivity index is 3.19. The van der Waals surface area contributed by atoms with Crippen molar-refractivity contribution in [3.63, 3.8) is 0 Å². The second kappa shape index (κ2) is 12.1. The highest BCUT2D eigenvalue weighted by Crippen LogP contribution is 1.86. The van der Waals surface area contributed by atoms with Crippen LogP contribution in [0.4, 0.5) is 4.79 Å². The summed E-state index contributed by atoms with van der Waals surface area (Å²) in [4.78, 5) is 21.4. The quantitative estimate of drug-likeness (QED) is 0.462. The summed E-state index contributed by atoms with van der Waals surface area (Å²) in [5.41, 5.74) is 0. The lowest BCUT2D eigenvalue weighted by Gasteiger charge is -2.07. The van der Waals surface area contributed by atoms with Gasteiger partial charge in [-0.25, -0.2) is 4.79 Å². The number of ether oxygens (including phenoxy) is 2. The van der Waals surface area contributed by atoms with E-state index in [1.165, 1.54) is 0 Å². The first-order valence-corrected chi connectivity index (χ1v) is 5.97. The molecule has 0 saturated carbocycles. The van der Waals surface area contributed by atoms with Crippen molar-refractivity contribution < 1.29 is 24.2 Å². The monoisotopic (exact) mass is 262 g/mol. The summed E-state index contributed by atoms with van der Waals surface area (Å²) in [6.45, 7) is 2.58. The molecule has 0 atom stereocenters. The van der Waals surface area contributed by atoms with Gasteiger partial charge in [0.05, 0.1) is 13.2 Å². The maximum Gasteiger partial charge on any atom is 0.314 e. The van der Waals surface area contributed by atoms with Gasteiger partial charge in [0.1, 0.15) is 0 Å². The predicted octanol–water partition coefficient (Wildman–Crippen LogP) is 0.204. The van der Waals surface area contributed by atoms with Crippen molar-refractivity contribution in [3.05, 3.63) is 0 Å². The van der Waals surface area contributed by atoms with Crippen LogP contribution in [0.5, 0.6) is 0 Å². The summed E-state index contributed by atoms with van der Waals surface area (Å²) in [6.07, 6.45) is 1.22. The second-order valence-corrected chi connectivity index (χ2v) is 3.64. The van der Waals surface area contributed by atoms with Crippen LogP contribution in [0.1, 0.15) is 19.3 Å². The van der Waals surface area contributed by atoms with E-state index in [0.29, 0.717) is 39.3 Å². The van der Waals surface area contributed by atoms with Gasteiger partial charge in [-0.15, -0.1) is 0 Å². The minimum Gasteiger partial charge on any atom is -0.481 e. The number of nitrogens with one attached hydrogen (secondary N) is 2. The molecule has 0 aliphatic carbocycles. The second-order valence-electron chi connectivity index (χ2n) is 3.64. The van der Waals surface area contributed by atoms with E-state index in [0.717, 1.165) is 6.42 Å². The molecule has 0 fully saturated rings. The van der Waals surface area contributed by atoms with Crippen molar-refractivity contribution in [2.45, 2.75) is 19.3 Å². The third kappa shape index (κ3) is 12.7. The Kier molecular flexibility index (Phi) is 11.2. The van der Waals surface area contributed by atoms with E-state index in [4.69, 9.17) is 14.6 Å². The normalized spacial score (nSPS) is 10.1. The fourth-order valence-corrected chi connectivity index (χ4v) is 1.12. The number of hydrogen-bond acceptors (Lipinski definition) is 4. The number of hydrogen-bond donors (Lipinski definition) is 3. The van der Waals surface area contributed by atoms with Crippen LogP contribution in [0.25, 0.3) is 0 Å². The molecular weight excluding hydrogens is 240 g/mol. The number of carbonyl (C=O) groups is 2. The summed E-state index contributed by atoms with van der Waals surface area (Å²) < 4.78 is 10.0. The minimum absolute atomic E-state index is 0.0631. The molecule has 0 bridgehead atoms. The molecule has 0 aliphatic rings. The Morgan fingerprint density at radius 1 is 1.06 bits per heavy atom. The summed E-state index contributed by atoms with van der Waals surface area (Å²) in [5.74, 6) is -0.856. The van der Waals surface area contributed by atoms with Crippen molar-refractivity contribution in [2.24, 2.45) is 0 Å². The molecule has 3 N–H and O–H groups in total. The number of carboxylic acids is 1. The largest absolute Gasteiger partial charge is 0.481 e. The first-order valence-electron chi connectivity index (χ1n) is 5.97.